The van der Waals surface area contributed by atoms with Crippen molar-refractivity contribution in [1.82, 2.24) is 9.13 Å². The zero-order valence-corrected chi connectivity index (χ0v) is 9.56. The molecule has 1 aromatic carbocycles. The average Bonchev–Trinajstić information content (AvgIpc) is 2.63. The van der Waals surface area contributed by atoms with E-state index in [0.717, 1.165) is 5.56 Å². The molecular formula is C12H14FN3O. The van der Waals surface area contributed by atoms with Crippen LogP contribution in [0.2, 0.25) is 0 Å². The number of aromatic nitrogens is 2. The van der Waals surface area contributed by atoms with Gasteiger partial charge in [0, 0.05) is 31.5 Å². The number of hydrogen-bond donors (Lipinski definition) is 1. The number of imidazole rings is 1. The Balaban J connectivity index is 2.30. The predicted molar refractivity (Wildman–Crippen MR) is 63.1 cm³/mol. The second kappa shape index (κ2) is 4.55. The molecule has 0 fully saturated rings. The van der Waals surface area contributed by atoms with Crippen molar-refractivity contribution in [2.75, 3.05) is 0 Å². The van der Waals surface area contributed by atoms with Crippen molar-refractivity contribution in [2.24, 2.45) is 12.8 Å². The molecule has 0 radical (unpaired) electrons. The Labute approximate surface area is 98.1 Å². The van der Waals surface area contributed by atoms with E-state index in [2.05, 4.69) is 0 Å². The number of halogens is 1. The van der Waals surface area contributed by atoms with Crippen LogP contribution in [-0.2, 0) is 20.1 Å². The molecule has 5 heteroatoms. The minimum Gasteiger partial charge on any atom is -0.326 e. The van der Waals surface area contributed by atoms with Crippen LogP contribution in [0.5, 0.6) is 0 Å². The molecule has 2 rings (SSSR count). The van der Waals surface area contributed by atoms with Gasteiger partial charge in [0.1, 0.15) is 5.82 Å². The van der Waals surface area contributed by atoms with Crippen LogP contribution in [0.15, 0.2) is 35.4 Å². The van der Waals surface area contributed by atoms with Crippen LogP contribution in [0.3, 0.4) is 0 Å². The molecule has 4 nitrogen and oxygen atoms in total. The Morgan fingerprint density at radius 3 is 2.71 bits per heavy atom. The number of nitrogens with two attached hydrogens (primary N) is 1. The molecule has 0 aliphatic heterocycles. The highest BCUT2D eigenvalue weighted by atomic mass is 19.1. The summed E-state index contributed by atoms with van der Waals surface area (Å²) >= 11 is 0. The number of nitrogens with zero attached hydrogens (tertiary/aromatic N) is 2. The van der Waals surface area contributed by atoms with Crippen molar-refractivity contribution < 1.29 is 4.39 Å². The van der Waals surface area contributed by atoms with Gasteiger partial charge in [-0.2, -0.15) is 0 Å². The summed E-state index contributed by atoms with van der Waals surface area (Å²) in [5.74, 6) is -0.309. The lowest BCUT2D eigenvalue weighted by Gasteiger charge is -2.05. The monoisotopic (exact) mass is 235 g/mol. The zero-order valence-electron chi connectivity index (χ0n) is 9.56. The van der Waals surface area contributed by atoms with E-state index < -0.39 is 0 Å². The van der Waals surface area contributed by atoms with Gasteiger partial charge in [0.15, 0.2) is 0 Å². The van der Waals surface area contributed by atoms with Gasteiger partial charge in [-0.15, -0.1) is 0 Å². The summed E-state index contributed by atoms with van der Waals surface area (Å²) in [6.45, 7) is 0.580. The van der Waals surface area contributed by atoms with Crippen molar-refractivity contribution in [3.05, 3.63) is 58.0 Å². The van der Waals surface area contributed by atoms with Gasteiger partial charge >= 0.3 is 5.69 Å². The van der Waals surface area contributed by atoms with E-state index in [1.807, 2.05) is 0 Å². The van der Waals surface area contributed by atoms with Crippen LogP contribution in [0.1, 0.15) is 11.1 Å². The van der Waals surface area contributed by atoms with Gasteiger partial charge in [0.25, 0.3) is 0 Å². The van der Waals surface area contributed by atoms with Gasteiger partial charge in [-0.25, -0.2) is 9.18 Å². The molecular weight excluding hydrogens is 221 g/mol. The van der Waals surface area contributed by atoms with E-state index in [9.17, 15) is 9.18 Å². The largest absolute Gasteiger partial charge is 0.328 e. The van der Waals surface area contributed by atoms with Gasteiger partial charge in [-0.3, -0.25) is 4.57 Å². The summed E-state index contributed by atoms with van der Waals surface area (Å²) in [5, 5.41) is 0. The smallest absolute Gasteiger partial charge is 0.326 e. The molecule has 90 valence electrons. The molecule has 0 unspecified atom stereocenters. The Bertz CT molecular complexity index is 586. The molecule has 0 atom stereocenters. The maximum Gasteiger partial charge on any atom is 0.328 e. The molecule has 2 aromatic rings. The van der Waals surface area contributed by atoms with Crippen molar-refractivity contribution in [3.8, 4) is 0 Å². The fourth-order valence-corrected chi connectivity index (χ4v) is 1.71. The third-order valence-corrected chi connectivity index (χ3v) is 2.70. The molecule has 0 aliphatic carbocycles. The SMILES string of the molecule is Cn1ccn(Cc2ccc(F)c(CN)c2)c1=O. The lowest BCUT2D eigenvalue weighted by atomic mass is 10.1. The third-order valence-electron chi connectivity index (χ3n) is 2.70. The molecule has 0 bridgehead atoms. The fraction of sp³-hybridized carbons (Fsp3) is 0.250. The normalized spacial score (nSPS) is 10.8. The molecule has 17 heavy (non-hydrogen) atoms. The molecule has 0 amide bonds. The maximum absolute atomic E-state index is 13.2. The predicted octanol–water partition coefficient (Wildman–Crippen LogP) is 0.833. The van der Waals surface area contributed by atoms with Gasteiger partial charge in [0.05, 0.1) is 6.54 Å². The first-order chi connectivity index (χ1) is 8.11. The molecule has 0 saturated carbocycles. The number of rotatable bonds is 3. The summed E-state index contributed by atoms with van der Waals surface area (Å²) in [6.07, 6.45) is 3.39. The highest BCUT2D eigenvalue weighted by Gasteiger charge is 2.04. The lowest BCUT2D eigenvalue weighted by Crippen LogP contribution is -2.22. The van der Waals surface area contributed by atoms with E-state index >= 15 is 0 Å². The fourth-order valence-electron chi connectivity index (χ4n) is 1.71. The van der Waals surface area contributed by atoms with E-state index in [0.29, 0.717) is 12.1 Å². The van der Waals surface area contributed by atoms with Crippen LogP contribution in [-0.4, -0.2) is 9.13 Å². The van der Waals surface area contributed by atoms with Gasteiger partial charge < -0.3 is 10.3 Å². The molecule has 1 aromatic heterocycles. The highest BCUT2D eigenvalue weighted by molar-refractivity contribution is 5.25. The van der Waals surface area contributed by atoms with Crippen LogP contribution >= 0.6 is 0 Å². The summed E-state index contributed by atoms with van der Waals surface area (Å²) in [4.78, 5) is 11.6. The molecule has 2 N–H and O–H groups in total. The minimum absolute atomic E-state index is 0.0939. The van der Waals surface area contributed by atoms with Crippen molar-refractivity contribution in [3.63, 3.8) is 0 Å². The van der Waals surface area contributed by atoms with E-state index in [4.69, 9.17) is 5.73 Å². The van der Waals surface area contributed by atoms with Crippen LogP contribution in [0.25, 0.3) is 0 Å². The second-order valence-corrected chi connectivity index (χ2v) is 3.95. The zero-order chi connectivity index (χ0) is 12.4. The average molecular weight is 235 g/mol. The number of hydrogen-bond acceptors (Lipinski definition) is 2. The van der Waals surface area contributed by atoms with Crippen LogP contribution < -0.4 is 11.4 Å². The van der Waals surface area contributed by atoms with Crippen LogP contribution in [0, 0.1) is 5.82 Å². The van der Waals surface area contributed by atoms with Crippen molar-refractivity contribution in [2.45, 2.75) is 13.1 Å². The first-order valence-corrected chi connectivity index (χ1v) is 5.31. The summed E-state index contributed by atoms with van der Waals surface area (Å²) in [6, 6.07) is 4.73. The Morgan fingerprint density at radius 1 is 1.35 bits per heavy atom. The summed E-state index contributed by atoms with van der Waals surface area (Å²) < 4.78 is 16.3. The molecule has 0 spiro atoms. The minimum atomic E-state index is -0.309. The van der Waals surface area contributed by atoms with Crippen LogP contribution in [0.4, 0.5) is 4.39 Å². The van der Waals surface area contributed by atoms with Gasteiger partial charge in [-0.05, 0) is 17.7 Å². The quantitative estimate of drug-likeness (QED) is 0.856. The first-order valence-electron chi connectivity index (χ1n) is 5.31. The standard InChI is InChI=1S/C12H14FN3O/c1-15-4-5-16(12(15)17)8-9-2-3-11(13)10(6-9)7-14/h2-6H,7-8,14H2,1H3. The van der Waals surface area contributed by atoms with Crippen molar-refractivity contribution >= 4 is 0 Å². The number of benzene rings is 1. The molecule has 1 heterocycles. The van der Waals surface area contributed by atoms with E-state index in [1.165, 1.54) is 10.6 Å². The third kappa shape index (κ3) is 2.29. The summed E-state index contributed by atoms with van der Waals surface area (Å²) in [7, 11) is 1.69. The van der Waals surface area contributed by atoms with E-state index in [1.54, 1.807) is 36.1 Å². The molecule has 0 saturated heterocycles. The lowest BCUT2D eigenvalue weighted by molar-refractivity contribution is 0.608. The van der Waals surface area contributed by atoms with E-state index in [-0.39, 0.29) is 18.1 Å². The van der Waals surface area contributed by atoms with Gasteiger partial charge in [0.2, 0.25) is 0 Å². The second-order valence-electron chi connectivity index (χ2n) is 3.95. The molecule has 0 aliphatic rings. The topological polar surface area (TPSA) is 52.9 Å². The highest BCUT2D eigenvalue weighted by Crippen LogP contribution is 2.10. The Kier molecular flexibility index (Phi) is 3.10. The Hall–Kier alpha value is -1.88. The van der Waals surface area contributed by atoms with Gasteiger partial charge in [-0.1, -0.05) is 6.07 Å². The number of aryl methyl sites for hydroxylation is 1. The maximum atomic E-state index is 13.2. The summed E-state index contributed by atoms with van der Waals surface area (Å²) in [5.41, 5.74) is 6.67. The first kappa shape index (κ1) is 11.6. The van der Waals surface area contributed by atoms with Crippen molar-refractivity contribution in [1.29, 1.82) is 0 Å². The Morgan fingerprint density at radius 2 is 2.12 bits per heavy atom.